The van der Waals surface area contributed by atoms with Gasteiger partial charge in [0.2, 0.25) is 0 Å². The number of hydrogen-bond donors (Lipinski definition) is 0. The van der Waals surface area contributed by atoms with E-state index in [9.17, 15) is 0 Å². The zero-order chi connectivity index (χ0) is 5.98. The molecule has 48 valence electrons. The number of halogens is 1. The van der Waals surface area contributed by atoms with E-state index in [1.165, 1.54) is 13.0 Å². The lowest BCUT2D eigenvalue weighted by Gasteiger charge is -2.34. The molecular weight excluding hydrogens is 122 g/mol. The van der Waals surface area contributed by atoms with Crippen LogP contribution in [0.15, 0.2) is 0 Å². The first-order chi connectivity index (χ1) is 3.83. The lowest BCUT2D eigenvalue weighted by atomic mass is 10.2. The van der Waals surface area contributed by atoms with Crippen LogP contribution >= 0.6 is 11.6 Å². The Kier molecular flexibility index (Phi) is 2.15. The fourth-order valence-electron chi connectivity index (χ4n) is 1.01. The van der Waals surface area contributed by atoms with Crippen molar-refractivity contribution in [2.24, 2.45) is 0 Å². The number of hydrogen-bond acceptors (Lipinski definition) is 1. The molecular formula is C6H12ClN. The molecule has 0 bridgehead atoms. The molecule has 2 heteroatoms. The Morgan fingerprint density at radius 1 is 1.62 bits per heavy atom. The summed E-state index contributed by atoms with van der Waals surface area (Å²) in [5, 5.41) is 0.446. The zero-order valence-corrected chi connectivity index (χ0v) is 5.99. The highest BCUT2D eigenvalue weighted by Gasteiger charge is 2.22. The van der Waals surface area contributed by atoms with Crippen LogP contribution in [0.1, 0.15) is 13.3 Å². The molecule has 0 saturated carbocycles. The van der Waals surface area contributed by atoms with E-state index in [2.05, 4.69) is 11.8 Å². The molecule has 0 aromatic rings. The van der Waals surface area contributed by atoms with E-state index in [1.807, 2.05) is 0 Å². The van der Waals surface area contributed by atoms with Crippen LogP contribution in [0, 0.1) is 0 Å². The van der Waals surface area contributed by atoms with Gasteiger partial charge in [0.1, 0.15) is 0 Å². The Labute approximate surface area is 55.6 Å². The molecule has 1 nitrogen and oxygen atoms in total. The van der Waals surface area contributed by atoms with Crippen molar-refractivity contribution in [1.82, 2.24) is 4.90 Å². The van der Waals surface area contributed by atoms with Crippen LogP contribution in [0.5, 0.6) is 0 Å². The minimum absolute atomic E-state index is 0.446. The summed E-state index contributed by atoms with van der Waals surface area (Å²) in [5.74, 6) is 0. The summed E-state index contributed by atoms with van der Waals surface area (Å²) in [6.07, 6.45) is 1.25. The van der Waals surface area contributed by atoms with Gasteiger partial charge in [0, 0.05) is 13.1 Å². The van der Waals surface area contributed by atoms with Gasteiger partial charge in [-0.15, -0.1) is 11.6 Å². The quantitative estimate of drug-likeness (QED) is 0.514. The minimum Gasteiger partial charge on any atom is -0.300 e. The van der Waals surface area contributed by atoms with E-state index in [0.717, 1.165) is 13.1 Å². The van der Waals surface area contributed by atoms with Crippen LogP contribution in [0.3, 0.4) is 0 Å². The van der Waals surface area contributed by atoms with E-state index < -0.39 is 0 Å². The predicted molar refractivity (Wildman–Crippen MR) is 36.4 cm³/mol. The monoisotopic (exact) mass is 133 g/mol. The van der Waals surface area contributed by atoms with Gasteiger partial charge >= 0.3 is 0 Å². The standard InChI is InChI=1S/C6H12ClN/c1-2-3-8-4-6(7)5-8/h6H,2-5H2,1H3. The summed E-state index contributed by atoms with van der Waals surface area (Å²) in [5.41, 5.74) is 0. The Morgan fingerprint density at radius 3 is 2.62 bits per heavy atom. The largest absolute Gasteiger partial charge is 0.300 e. The second-order valence-corrected chi connectivity index (χ2v) is 2.97. The van der Waals surface area contributed by atoms with Gasteiger partial charge in [-0.05, 0) is 13.0 Å². The van der Waals surface area contributed by atoms with E-state index >= 15 is 0 Å². The van der Waals surface area contributed by atoms with Crippen molar-refractivity contribution >= 4 is 11.6 Å². The SMILES string of the molecule is CCCN1CC(Cl)C1. The second-order valence-electron chi connectivity index (χ2n) is 2.36. The Hall–Kier alpha value is 0.250. The fourth-order valence-corrected chi connectivity index (χ4v) is 1.40. The number of alkyl halides is 1. The molecule has 0 aliphatic carbocycles. The Balaban J connectivity index is 1.98. The lowest BCUT2D eigenvalue weighted by molar-refractivity contribution is 0.188. The molecule has 0 N–H and O–H groups in total. The maximum atomic E-state index is 5.74. The van der Waals surface area contributed by atoms with Crippen LogP contribution in [0.4, 0.5) is 0 Å². The number of rotatable bonds is 2. The molecule has 1 fully saturated rings. The summed E-state index contributed by atoms with van der Waals surface area (Å²) in [6.45, 7) is 5.63. The van der Waals surface area contributed by atoms with E-state index in [0.29, 0.717) is 5.38 Å². The van der Waals surface area contributed by atoms with Gasteiger partial charge in [0.05, 0.1) is 5.38 Å². The van der Waals surface area contributed by atoms with Crippen molar-refractivity contribution < 1.29 is 0 Å². The summed E-state index contributed by atoms with van der Waals surface area (Å²) >= 11 is 5.74. The molecule has 0 spiro atoms. The first-order valence-electron chi connectivity index (χ1n) is 3.19. The molecule has 1 saturated heterocycles. The maximum Gasteiger partial charge on any atom is 0.0590 e. The highest BCUT2D eigenvalue weighted by molar-refractivity contribution is 6.21. The van der Waals surface area contributed by atoms with Gasteiger partial charge < -0.3 is 4.90 Å². The van der Waals surface area contributed by atoms with Crippen molar-refractivity contribution in [1.29, 1.82) is 0 Å². The Bertz CT molecular complexity index is 66.2. The fraction of sp³-hybridized carbons (Fsp3) is 1.00. The second kappa shape index (κ2) is 2.70. The van der Waals surface area contributed by atoms with Crippen molar-refractivity contribution in [2.45, 2.75) is 18.7 Å². The van der Waals surface area contributed by atoms with E-state index in [4.69, 9.17) is 11.6 Å². The van der Waals surface area contributed by atoms with Crippen molar-refractivity contribution in [2.75, 3.05) is 19.6 Å². The lowest BCUT2D eigenvalue weighted by Crippen LogP contribution is -2.47. The molecule has 1 heterocycles. The molecule has 0 radical (unpaired) electrons. The summed E-state index contributed by atoms with van der Waals surface area (Å²) in [4.78, 5) is 2.37. The van der Waals surface area contributed by atoms with Gasteiger partial charge in [-0.25, -0.2) is 0 Å². The van der Waals surface area contributed by atoms with Gasteiger partial charge in [0.15, 0.2) is 0 Å². The molecule has 0 unspecified atom stereocenters. The van der Waals surface area contributed by atoms with Crippen molar-refractivity contribution in [3.8, 4) is 0 Å². The average molecular weight is 134 g/mol. The van der Waals surface area contributed by atoms with Crippen LogP contribution in [-0.4, -0.2) is 29.9 Å². The number of nitrogens with zero attached hydrogens (tertiary/aromatic N) is 1. The van der Waals surface area contributed by atoms with E-state index in [-0.39, 0.29) is 0 Å². The normalized spacial score (nSPS) is 23.2. The molecule has 0 amide bonds. The van der Waals surface area contributed by atoms with Gasteiger partial charge in [-0.2, -0.15) is 0 Å². The van der Waals surface area contributed by atoms with Gasteiger partial charge in [-0.3, -0.25) is 0 Å². The third kappa shape index (κ3) is 1.36. The van der Waals surface area contributed by atoms with Gasteiger partial charge in [0.25, 0.3) is 0 Å². The maximum absolute atomic E-state index is 5.74. The molecule has 0 atom stereocenters. The summed E-state index contributed by atoms with van der Waals surface area (Å²) < 4.78 is 0. The van der Waals surface area contributed by atoms with Crippen LogP contribution in [-0.2, 0) is 0 Å². The van der Waals surface area contributed by atoms with Crippen molar-refractivity contribution in [3.05, 3.63) is 0 Å². The third-order valence-corrected chi connectivity index (χ3v) is 1.73. The zero-order valence-electron chi connectivity index (χ0n) is 5.23. The van der Waals surface area contributed by atoms with E-state index in [1.54, 1.807) is 0 Å². The average Bonchev–Trinajstić information content (AvgIpc) is 1.64. The molecule has 1 aliphatic rings. The predicted octanol–water partition coefficient (Wildman–Crippen LogP) is 1.32. The minimum atomic E-state index is 0.446. The molecule has 1 aliphatic heterocycles. The highest BCUT2D eigenvalue weighted by atomic mass is 35.5. The third-order valence-electron chi connectivity index (χ3n) is 1.45. The molecule has 0 aromatic heterocycles. The topological polar surface area (TPSA) is 3.24 Å². The summed E-state index contributed by atoms with van der Waals surface area (Å²) in [6, 6.07) is 0. The van der Waals surface area contributed by atoms with Crippen LogP contribution in [0.25, 0.3) is 0 Å². The van der Waals surface area contributed by atoms with Crippen LogP contribution < -0.4 is 0 Å². The highest BCUT2D eigenvalue weighted by Crippen LogP contribution is 2.12. The van der Waals surface area contributed by atoms with Crippen molar-refractivity contribution in [3.63, 3.8) is 0 Å². The molecule has 0 aromatic carbocycles. The molecule has 1 rings (SSSR count). The Morgan fingerprint density at radius 2 is 2.25 bits per heavy atom. The van der Waals surface area contributed by atoms with Crippen LogP contribution in [0.2, 0.25) is 0 Å². The molecule has 8 heavy (non-hydrogen) atoms. The van der Waals surface area contributed by atoms with Gasteiger partial charge in [-0.1, -0.05) is 6.92 Å². The smallest absolute Gasteiger partial charge is 0.0590 e. The number of likely N-dealkylation sites (tertiary alicyclic amines) is 1. The first kappa shape index (κ1) is 6.37. The first-order valence-corrected chi connectivity index (χ1v) is 3.63. The summed E-state index contributed by atoms with van der Waals surface area (Å²) in [7, 11) is 0.